The van der Waals surface area contributed by atoms with E-state index in [-0.39, 0.29) is 9.08 Å². The molecule has 31 heavy (non-hydrogen) atoms. The van der Waals surface area contributed by atoms with Crippen molar-refractivity contribution >= 4 is 49.4 Å². The highest BCUT2D eigenvalue weighted by molar-refractivity contribution is 7.91. The van der Waals surface area contributed by atoms with Gasteiger partial charge in [-0.1, -0.05) is 23.5 Å². The number of H-pyrrole nitrogens is 1. The summed E-state index contributed by atoms with van der Waals surface area (Å²) in [6.07, 6.45) is 0. The molecule has 5 rings (SSSR count). The minimum atomic E-state index is -3.70. The van der Waals surface area contributed by atoms with E-state index in [9.17, 15) is 13.2 Å². The number of aromatic amines is 1. The van der Waals surface area contributed by atoms with E-state index >= 15 is 0 Å². The van der Waals surface area contributed by atoms with Gasteiger partial charge in [0.1, 0.15) is 5.82 Å². The number of nitrogens with one attached hydrogen (secondary N) is 1. The average molecular weight is 474 g/mol. The molecule has 0 radical (unpaired) electrons. The molecule has 4 heterocycles. The van der Waals surface area contributed by atoms with Gasteiger partial charge in [-0.3, -0.25) is 4.79 Å². The lowest BCUT2D eigenvalue weighted by atomic mass is 10.2. The number of thiophene rings is 1. The first-order chi connectivity index (χ1) is 14.9. The fourth-order valence-electron chi connectivity index (χ4n) is 3.72. The number of hydrogen-bond donors (Lipinski definition) is 1. The molecular weight excluding hydrogens is 454 g/mol. The first kappa shape index (κ1) is 20.3. The van der Waals surface area contributed by atoms with Crippen LogP contribution in [0.15, 0.2) is 50.1 Å². The van der Waals surface area contributed by atoms with Crippen LogP contribution >= 0.6 is 22.7 Å². The lowest BCUT2D eigenvalue weighted by Gasteiger charge is -2.35. The van der Waals surface area contributed by atoms with E-state index in [2.05, 4.69) is 9.88 Å². The molecule has 0 saturated carbocycles. The Labute approximate surface area is 186 Å². The van der Waals surface area contributed by atoms with Crippen LogP contribution in [0.2, 0.25) is 0 Å². The van der Waals surface area contributed by atoms with Gasteiger partial charge in [-0.2, -0.15) is 15.6 Å². The summed E-state index contributed by atoms with van der Waals surface area (Å²) in [5, 5.41) is 4.95. The Morgan fingerprint density at radius 2 is 1.84 bits per heavy atom. The van der Waals surface area contributed by atoms with Crippen molar-refractivity contribution in [3.63, 3.8) is 0 Å². The zero-order valence-electron chi connectivity index (χ0n) is 16.6. The summed E-state index contributed by atoms with van der Waals surface area (Å²) in [5.74, 6) is 1.48. The van der Waals surface area contributed by atoms with Crippen molar-refractivity contribution in [2.24, 2.45) is 0 Å². The van der Waals surface area contributed by atoms with Gasteiger partial charge in [0.25, 0.3) is 10.0 Å². The Balaban J connectivity index is 1.46. The van der Waals surface area contributed by atoms with Gasteiger partial charge in [-0.05, 0) is 30.5 Å². The number of thiazole rings is 1. The number of anilines is 1. The Bertz CT molecular complexity index is 1400. The van der Waals surface area contributed by atoms with Gasteiger partial charge in [-0.15, -0.1) is 0 Å². The van der Waals surface area contributed by atoms with E-state index in [4.69, 9.17) is 9.97 Å². The smallest absolute Gasteiger partial charge is 0.305 e. The molecule has 1 aliphatic rings. The number of hydrogen-bond acceptors (Lipinski definition) is 8. The van der Waals surface area contributed by atoms with Crippen LogP contribution in [-0.2, 0) is 10.0 Å². The quantitative estimate of drug-likeness (QED) is 0.489. The predicted molar refractivity (Wildman–Crippen MR) is 123 cm³/mol. The molecule has 11 heteroatoms. The van der Waals surface area contributed by atoms with Crippen molar-refractivity contribution < 1.29 is 8.42 Å². The van der Waals surface area contributed by atoms with Crippen LogP contribution in [-0.4, -0.2) is 53.9 Å². The van der Waals surface area contributed by atoms with Crippen LogP contribution in [0.4, 0.5) is 5.82 Å². The lowest BCUT2D eigenvalue weighted by Crippen LogP contribution is -2.49. The molecule has 1 aromatic carbocycles. The molecule has 160 valence electrons. The first-order valence-electron chi connectivity index (χ1n) is 9.67. The predicted octanol–water partition coefficient (Wildman–Crippen LogP) is 2.93. The summed E-state index contributed by atoms with van der Waals surface area (Å²) in [6, 6.07) is 9.86. The van der Waals surface area contributed by atoms with Gasteiger partial charge in [0, 0.05) is 48.2 Å². The molecule has 0 atom stereocenters. The zero-order chi connectivity index (χ0) is 21.6. The molecule has 1 N–H and O–H groups in total. The summed E-state index contributed by atoms with van der Waals surface area (Å²) >= 11 is 2.33. The van der Waals surface area contributed by atoms with Crippen LogP contribution in [0, 0.1) is 6.92 Å². The summed E-state index contributed by atoms with van der Waals surface area (Å²) in [6.45, 7) is 3.25. The molecule has 0 spiro atoms. The van der Waals surface area contributed by atoms with Crippen LogP contribution in [0.1, 0.15) is 5.69 Å². The van der Waals surface area contributed by atoms with Crippen LogP contribution < -0.4 is 9.77 Å². The Hall–Kier alpha value is -2.60. The molecule has 0 amide bonds. The molecular formula is C20H19N5O3S3. The van der Waals surface area contributed by atoms with E-state index in [1.54, 1.807) is 18.3 Å². The Morgan fingerprint density at radius 3 is 2.52 bits per heavy atom. The number of aromatic nitrogens is 3. The Morgan fingerprint density at radius 1 is 1.06 bits per heavy atom. The normalized spacial score (nSPS) is 15.6. The number of piperazine rings is 1. The zero-order valence-corrected chi connectivity index (χ0v) is 19.1. The third kappa shape index (κ3) is 3.67. The lowest BCUT2D eigenvalue weighted by molar-refractivity contribution is 0.385. The minimum absolute atomic E-state index is 0.0955. The van der Waals surface area contributed by atoms with E-state index < -0.39 is 10.0 Å². The van der Waals surface area contributed by atoms with Gasteiger partial charge in [-0.25, -0.2) is 18.4 Å². The third-order valence-corrected chi connectivity index (χ3v) is 9.42. The molecule has 1 fully saturated rings. The summed E-state index contributed by atoms with van der Waals surface area (Å²) < 4.78 is 27.6. The largest absolute Gasteiger partial charge is 0.353 e. The highest BCUT2D eigenvalue weighted by Gasteiger charge is 2.32. The Kier molecular flexibility index (Phi) is 5.13. The highest BCUT2D eigenvalue weighted by atomic mass is 32.2. The number of sulfonamides is 1. The van der Waals surface area contributed by atoms with Crippen molar-refractivity contribution in [3.8, 4) is 11.4 Å². The molecule has 3 aromatic heterocycles. The van der Waals surface area contributed by atoms with Crippen molar-refractivity contribution in [1.29, 1.82) is 0 Å². The SMILES string of the molecule is Cc1[nH]c(=O)sc1S(=O)(=O)N1CCN(c2nc(-c3ccsc3)nc3ccccc23)CC1. The molecule has 0 bridgehead atoms. The van der Waals surface area contributed by atoms with Crippen molar-refractivity contribution in [1.82, 2.24) is 19.3 Å². The number of rotatable bonds is 4. The van der Waals surface area contributed by atoms with Gasteiger partial charge in [0.2, 0.25) is 0 Å². The molecule has 0 unspecified atom stereocenters. The molecule has 4 aromatic rings. The summed E-state index contributed by atoms with van der Waals surface area (Å²) in [4.78, 5) is 25.4. The van der Waals surface area contributed by atoms with Gasteiger partial charge in [0.15, 0.2) is 10.0 Å². The topological polar surface area (TPSA) is 99.3 Å². The van der Waals surface area contributed by atoms with E-state index in [0.29, 0.717) is 37.7 Å². The van der Waals surface area contributed by atoms with E-state index in [1.165, 1.54) is 4.31 Å². The monoisotopic (exact) mass is 473 g/mol. The maximum Gasteiger partial charge on any atom is 0.305 e. The number of para-hydroxylation sites is 1. The summed E-state index contributed by atoms with van der Waals surface area (Å²) in [7, 11) is -3.70. The van der Waals surface area contributed by atoms with Gasteiger partial charge < -0.3 is 9.88 Å². The van der Waals surface area contributed by atoms with E-state index in [1.807, 2.05) is 41.1 Å². The second kappa shape index (κ2) is 7.83. The number of nitrogens with zero attached hydrogens (tertiary/aromatic N) is 4. The van der Waals surface area contributed by atoms with Crippen LogP contribution in [0.3, 0.4) is 0 Å². The first-order valence-corrected chi connectivity index (χ1v) is 12.9. The second-order valence-electron chi connectivity index (χ2n) is 7.22. The van der Waals surface area contributed by atoms with Crippen molar-refractivity contribution in [2.45, 2.75) is 11.1 Å². The third-order valence-electron chi connectivity index (χ3n) is 5.26. The standard InChI is InChI=1S/C20H19N5O3S3/c1-13-19(30-20(26)21-13)31(27,28)25-9-7-24(8-10-25)18-15-4-2-3-5-16(15)22-17(23-18)14-6-11-29-12-14/h2-6,11-12H,7-10H2,1H3,(H,21,26). The number of benzene rings is 1. The van der Waals surface area contributed by atoms with Gasteiger partial charge in [0.05, 0.1) is 5.52 Å². The number of aryl methyl sites for hydroxylation is 1. The molecule has 1 aliphatic heterocycles. The van der Waals surface area contributed by atoms with Crippen LogP contribution in [0.25, 0.3) is 22.3 Å². The maximum absolute atomic E-state index is 13.0. The minimum Gasteiger partial charge on any atom is -0.353 e. The highest BCUT2D eigenvalue weighted by Crippen LogP contribution is 2.30. The summed E-state index contributed by atoms with van der Waals surface area (Å²) in [5.41, 5.74) is 2.21. The van der Waals surface area contributed by atoms with Crippen molar-refractivity contribution in [3.05, 3.63) is 56.5 Å². The van der Waals surface area contributed by atoms with Crippen LogP contribution in [0.5, 0.6) is 0 Å². The average Bonchev–Trinajstić information content (AvgIpc) is 3.43. The number of fused-ring (bicyclic) bond motifs is 1. The van der Waals surface area contributed by atoms with Crippen molar-refractivity contribution in [2.75, 3.05) is 31.1 Å². The van der Waals surface area contributed by atoms with E-state index in [0.717, 1.165) is 33.6 Å². The second-order valence-corrected chi connectivity index (χ2v) is 11.1. The fourth-order valence-corrected chi connectivity index (χ4v) is 7.21. The molecule has 0 aliphatic carbocycles. The maximum atomic E-state index is 13.0. The molecule has 1 saturated heterocycles. The molecule has 8 nitrogen and oxygen atoms in total. The fraction of sp³-hybridized carbons (Fsp3) is 0.250. The van der Waals surface area contributed by atoms with Gasteiger partial charge >= 0.3 is 4.87 Å².